The summed E-state index contributed by atoms with van der Waals surface area (Å²) < 4.78 is 6.58. The van der Waals surface area contributed by atoms with Crippen molar-refractivity contribution >= 4 is 0 Å². The molecule has 2 unspecified atom stereocenters. The van der Waals surface area contributed by atoms with E-state index < -0.39 is 0 Å². The number of fused-ring (bicyclic) bond motifs is 3. The third kappa shape index (κ3) is 3.84. The molecule has 1 fully saturated rings. The van der Waals surface area contributed by atoms with Crippen LogP contribution in [0.1, 0.15) is 115 Å². The number of rotatable bonds is 7. The van der Waals surface area contributed by atoms with Gasteiger partial charge in [0.25, 0.3) is 0 Å². The smallest absolute Gasteiger partial charge is 0.127 e. The molecule has 4 rings (SSSR count). The molecule has 160 valence electrons. The molecule has 0 bridgehead atoms. The number of aromatic hydroxyl groups is 1. The third-order valence-corrected chi connectivity index (χ3v) is 8.19. The predicted octanol–water partition coefficient (Wildman–Crippen LogP) is 7.79. The Kier molecular flexibility index (Phi) is 5.75. The summed E-state index contributed by atoms with van der Waals surface area (Å²) in [6.45, 7) is 8.97. The Bertz CT molecular complexity index is 769. The average molecular weight is 397 g/mol. The molecule has 29 heavy (non-hydrogen) atoms. The summed E-state index contributed by atoms with van der Waals surface area (Å²) in [6, 6.07) is 4.42. The fourth-order valence-corrected chi connectivity index (χ4v) is 6.22. The first-order chi connectivity index (χ1) is 13.9. The summed E-state index contributed by atoms with van der Waals surface area (Å²) >= 11 is 0. The third-order valence-electron chi connectivity index (χ3n) is 8.19. The fraction of sp³-hybridized carbons (Fsp3) is 0.704. The van der Waals surface area contributed by atoms with Gasteiger partial charge in [0.2, 0.25) is 0 Å². The van der Waals surface area contributed by atoms with Crippen LogP contribution >= 0.6 is 0 Å². The Morgan fingerprint density at radius 1 is 1.10 bits per heavy atom. The minimum absolute atomic E-state index is 0.188. The van der Waals surface area contributed by atoms with Crippen LogP contribution in [-0.4, -0.2) is 10.7 Å². The van der Waals surface area contributed by atoms with Crippen molar-refractivity contribution in [2.75, 3.05) is 0 Å². The van der Waals surface area contributed by atoms with Crippen LogP contribution in [0.4, 0.5) is 0 Å². The van der Waals surface area contributed by atoms with Crippen LogP contribution in [0, 0.1) is 5.92 Å². The first-order valence-electron chi connectivity index (χ1n) is 12.1. The SMILES string of the molecule is CCCCCCCC1(c2cc(O)c3c(c2)OC(C)(C)C2CC=C(C)CC32)CCC1. The van der Waals surface area contributed by atoms with Gasteiger partial charge in [0.1, 0.15) is 17.1 Å². The highest BCUT2D eigenvalue weighted by Gasteiger charge is 2.47. The van der Waals surface area contributed by atoms with Crippen molar-refractivity contribution in [1.82, 2.24) is 0 Å². The molecule has 1 aliphatic heterocycles. The van der Waals surface area contributed by atoms with E-state index in [2.05, 4.69) is 45.9 Å². The number of phenolic OH excluding ortho intramolecular Hbond substituents is 1. The van der Waals surface area contributed by atoms with Gasteiger partial charge in [-0.2, -0.15) is 0 Å². The number of ether oxygens (including phenoxy) is 1. The van der Waals surface area contributed by atoms with E-state index in [1.807, 2.05) is 0 Å². The van der Waals surface area contributed by atoms with E-state index in [9.17, 15) is 5.11 Å². The molecule has 0 saturated heterocycles. The summed E-state index contributed by atoms with van der Waals surface area (Å²) in [6.07, 6.45) is 16.2. The van der Waals surface area contributed by atoms with Crippen LogP contribution in [0.15, 0.2) is 23.8 Å². The van der Waals surface area contributed by atoms with Gasteiger partial charge in [0, 0.05) is 17.4 Å². The van der Waals surface area contributed by atoms with Gasteiger partial charge < -0.3 is 9.84 Å². The highest BCUT2D eigenvalue weighted by molar-refractivity contribution is 5.54. The van der Waals surface area contributed by atoms with Gasteiger partial charge in [0.05, 0.1) is 0 Å². The standard InChI is InChI=1S/C27H40O2/c1-5-6-7-8-9-13-27(14-10-15-27)20-17-23(28)25-21-16-19(2)11-12-22(21)26(3,4)29-24(25)18-20/h11,17-18,21-22,28H,5-10,12-16H2,1-4H3. The number of allylic oxidation sites excluding steroid dienone is 2. The number of unbranched alkanes of at least 4 members (excludes halogenated alkanes) is 4. The van der Waals surface area contributed by atoms with Crippen LogP contribution in [-0.2, 0) is 5.41 Å². The van der Waals surface area contributed by atoms with Crippen LogP contribution in [0.3, 0.4) is 0 Å². The molecule has 0 spiro atoms. The minimum Gasteiger partial charge on any atom is -0.508 e. The van der Waals surface area contributed by atoms with Crippen molar-refractivity contribution in [3.8, 4) is 11.5 Å². The highest BCUT2D eigenvalue weighted by atomic mass is 16.5. The molecule has 2 nitrogen and oxygen atoms in total. The van der Waals surface area contributed by atoms with E-state index in [4.69, 9.17) is 4.74 Å². The van der Waals surface area contributed by atoms with Gasteiger partial charge in [-0.05, 0) is 76.0 Å². The molecule has 0 amide bonds. The van der Waals surface area contributed by atoms with Crippen LogP contribution < -0.4 is 4.74 Å². The Balaban J connectivity index is 1.62. The second kappa shape index (κ2) is 8.00. The summed E-state index contributed by atoms with van der Waals surface area (Å²) in [4.78, 5) is 0. The van der Waals surface area contributed by atoms with E-state index in [0.717, 1.165) is 24.2 Å². The fourth-order valence-electron chi connectivity index (χ4n) is 6.22. The monoisotopic (exact) mass is 396 g/mol. The Morgan fingerprint density at radius 2 is 1.86 bits per heavy atom. The molecule has 1 saturated carbocycles. The first kappa shape index (κ1) is 20.8. The molecule has 1 N–H and O–H groups in total. The van der Waals surface area contributed by atoms with Crippen molar-refractivity contribution < 1.29 is 9.84 Å². The largest absolute Gasteiger partial charge is 0.508 e. The molecule has 1 heterocycles. The molecule has 2 atom stereocenters. The number of hydrogen-bond acceptors (Lipinski definition) is 2. The van der Waals surface area contributed by atoms with Gasteiger partial charge in [-0.25, -0.2) is 0 Å². The quantitative estimate of drug-likeness (QED) is 0.376. The van der Waals surface area contributed by atoms with Gasteiger partial charge in [0.15, 0.2) is 0 Å². The molecule has 1 aromatic rings. The van der Waals surface area contributed by atoms with E-state index >= 15 is 0 Å². The van der Waals surface area contributed by atoms with Crippen molar-refractivity contribution in [3.63, 3.8) is 0 Å². The van der Waals surface area contributed by atoms with Crippen LogP contribution in [0.25, 0.3) is 0 Å². The lowest BCUT2D eigenvalue weighted by molar-refractivity contribution is 0.00725. The van der Waals surface area contributed by atoms with Crippen molar-refractivity contribution in [3.05, 3.63) is 34.9 Å². The zero-order valence-corrected chi connectivity index (χ0v) is 19.0. The number of phenols is 1. The maximum atomic E-state index is 11.2. The summed E-state index contributed by atoms with van der Waals surface area (Å²) in [5.41, 5.74) is 3.93. The normalized spacial score (nSPS) is 26.6. The topological polar surface area (TPSA) is 29.5 Å². The summed E-state index contributed by atoms with van der Waals surface area (Å²) in [5, 5.41) is 11.2. The maximum absolute atomic E-state index is 11.2. The Hall–Kier alpha value is -1.44. The van der Waals surface area contributed by atoms with E-state index in [1.165, 1.54) is 68.9 Å². The second-order valence-corrected chi connectivity index (χ2v) is 10.6. The maximum Gasteiger partial charge on any atom is 0.127 e. The minimum atomic E-state index is -0.188. The second-order valence-electron chi connectivity index (χ2n) is 10.6. The Labute approximate surface area is 177 Å². The average Bonchev–Trinajstić information content (AvgIpc) is 2.62. The molecule has 1 aromatic carbocycles. The lowest BCUT2D eigenvalue weighted by Crippen LogP contribution is -2.45. The Morgan fingerprint density at radius 3 is 2.55 bits per heavy atom. The van der Waals surface area contributed by atoms with Crippen molar-refractivity contribution in [2.24, 2.45) is 5.92 Å². The van der Waals surface area contributed by atoms with Crippen molar-refractivity contribution in [2.45, 2.75) is 115 Å². The van der Waals surface area contributed by atoms with Gasteiger partial charge in [-0.1, -0.05) is 57.1 Å². The van der Waals surface area contributed by atoms with E-state index in [1.54, 1.807) is 0 Å². The van der Waals surface area contributed by atoms with Gasteiger partial charge >= 0.3 is 0 Å². The lowest BCUT2D eigenvalue weighted by Gasteiger charge is -2.48. The molecule has 0 radical (unpaired) electrons. The zero-order valence-electron chi connectivity index (χ0n) is 19.0. The zero-order chi connectivity index (χ0) is 20.6. The molecule has 2 aliphatic carbocycles. The van der Waals surface area contributed by atoms with Crippen LogP contribution in [0.5, 0.6) is 11.5 Å². The molecule has 2 heteroatoms. The lowest BCUT2D eigenvalue weighted by atomic mass is 9.61. The molecular weight excluding hydrogens is 356 g/mol. The predicted molar refractivity (Wildman–Crippen MR) is 121 cm³/mol. The number of benzene rings is 1. The van der Waals surface area contributed by atoms with Crippen molar-refractivity contribution in [1.29, 1.82) is 0 Å². The van der Waals surface area contributed by atoms with Crippen LogP contribution in [0.2, 0.25) is 0 Å². The summed E-state index contributed by atoms with van der Waals surface area (Å²) in [7, 11) is 0. The molecule has 0 aromatic heterocycles. The summed E-state index contributed by atoms with van der Waals surface area (Å²) in [5.74, 6) is 2.25. The highest BCUT2D eigenvalue weighted by Crippen LogP contribution is 2.56. The van der Waals surface area contributed by atoms with Gasteiger partial charge in [-0.15, -0.1) is 0 Å². The molecular formula is C27H40O2. The van der Waals surface area contributed by atoms with E-state index in [0.29, 0.717) is 17.6 Å². The van der Waals surface area contributed by atoms with Gasteiger partial charge in [-0.3, -0.25) is 0 Å². The first-order valence-corrected chi connectivity index (χ1v) is 12.1. The molecule has 3 aliphatic rings. The number of hydrogen-bond donors (Lipinski definition) is 1. The van der Waals surface area contributed by atoms with E-state index in [-0.39, 0.29) is 11.0 Å².